The van der Waals surface area contributed by atoms with Gasteiger partial charge in [-0.2, -0.15) is 0 Å². The summed E-state index contributed by atoms with van der Waals surface area (Å²) in [5.74, 6) is 0. The van der Waals surface area contributed by atoms with E-state index in [1.54, 1.807) is 12.1 Å². The number of nitrogens with zero attached hydrogens (tertiary/aromatic N) is 2. The molecule has 0 spiro atoms. The molecule has 1 aliphatic heterocycles. The monoisotopic (exact) mass is 401 g/mol. The Kier molecular flexibility index (Phi) is 6.05. The van der Waals surface area contributed by atoms with E-state index in [1.165, 1.54) is 30.0 Å². The largest absolute Gasteiger partial charge is 0.322 e. The van der Waals surface area contributed by atoms with Gasteiger partial charge in [0.25, 0.3) is 0 Å². The van der Waals surface area contributed by atoms with E-state index < -0.39 is 10.0 Å². The number of carbonyl (C=O) groups is 1. The molecular weight excluding hydrogens is 374 g/mol. The van der Waals surface area contributed by atoms with Crippen molar-refractivity contribution >= 4 is 21.7 Å². The summed E-state index contributed by atoms with van der Waals surface area (Å²) < 4.78 is 26.0. The number of urea groups is 1. The summed E-state index contributed by atoms with van der Waals surface area (Å²) in [6.07, 6.45) is 2.76. The summed E-state index contributed by atoms with van der Waals surface area (Å²) in [5, 5.41) is 2.92. The Bertz CT molecular complexity index is 943. The molecule has 7 heteroatoms. The first-order valence-corrected chi connectivity index (χ1v) is 10.9. The molecule has 0 aromatic heterocycles. The van der Waals surface area contributed by atoms with Crippen LogP contribution in [0.15, 0.2) is 53.4 Å². The number of sulfonamides is 1. The number of anilines is 1. The predicted molar refractivity (Wildman–Crippen MR) is 111 cm³/mol. The minimum atomic E-state index is -3.55. The molecule has 1 heterocycles. The Morgan fingerprint density at radius 3 is 2.57 bits per heavy atom. The predicted octanol–water partition coefficient (Wildman–Crippen LogP) is 3.48. The number of hydrogen-bond acceptors (Lipinski definition) is 3. The summed E-state index contributed by atoms with van der Waals surface area (Å²) in [6.45, 7) is 2.56. The van der Waals surface area contributed by atoms with Crippen molar-refractivity contribution in [3.8, 4) is 0 Å². The molecule has 150 valence electrons. The number of benzene rings is 2. The highest BCUT2D eigenvalue weighted by molar-refractivity contribution is 7.89. The zero-order chi connectivity index (χ0) is 20.3. The van der Waals surface area contributed by atoms with Gasteiger partial charge in [0.2, 0.25) is 10.0 Å². The van der Waals surface area contributed by atoms with Crippen LogP contribution < -0.4 is 5.32 Å². The van der Waals surface area contributed by atoms with E-state index >= 15 is 0 Å². The molecule has 0 radical (unpaired) electrons. The molecule has 1 fully saturated rings. The Morgan fingerprint density at radius 2 is 1.89 bits per heavy atom. The summed E-state index contributed by atoms with van der Waals surface area (Å²) in [5.41, 5.74) is 2.56. The van der Waals surface area contributed by atoms with E-state index in [2.05, 4.69) is 17.4 Å². The zero-order valence-electron chi connectivity index (χ0n) is 16.6. The lowest BCUT2D eigenvalue weighted by molar-refractivity contribution is 0.206. The number of carbonyl (C=O) groups excluding carboxylic acids is 1. The lowest BCUT2D eigenvalue weighted by Gasteiger charge is -2.26. The minimum absolute atomic E-state index is 0.149. The van der Waals surface area contributed by atoms with Gasteiger partial charge in [-0.05, 0) is 49.4 Å². The summed E-state index contributed by atoms with van der Waals surface area (Å²) in [6, 6.07) is 14.9. The standard InChI is InChI=1S/C21H27N3O3S/c1-16-11-12-19(28(26,27)23(2)3)15-20(16)22-21(25)24-13-7-10-18(24)14-17-8-5-4-6-9-17/h4-6,8-9,11-12,15,18H,7,10,13-14H2,1-3H3,(H,22,25)/t18-/m0/s1. The van der Waals surface area contributed by atoms with Crippen molar-refractivity contribution in [1.82, 2.24) is 9.21 Å². The van der Waals surface area contributed by atoms with E-state index in [9.17, 15) is 13.2 Å². The van der Waals surface area contributed by atoms with E-state index in [0.29, 0.717) is 12.2 Å². The van der Waals surface area contributed by atoms with Crippen LogP contribution in [0.4, 0.5) is 10.5 Å². The molecule has 1 N–H and O–H groups in total. The fourth-order valence-corrected chi connectivity index (χ4v) is 4.42. The number of amides is 2. The molecule has 2 amide bonds. The second-order valence-corrected chi connectivity index (χ2v) is 9.53. The molecule has 1 atom stereocenters. The van der Waals surface area contributed by atoms with E-state index in [1.807, 2.05) is 30.0 Å². The molecule has 0 bridgehead atoms. The van der Waals surface area contributed by atoms with Gasteiger partial charge < -0.3 is 10.2 Å². The molecule has 2 aromatic rings. The third-order valence-corrected chi connectivity index (χ3v) is 6.99. The van der Waals surface area contributed by atoms with Gasteiger partial charge in [-0.3, -0.25) is 0 Å². The van der Waals surface area contributed by atoms with Gasteiger partial charge >= 0.3 is 6.03 Å². The van der Waals surface area contributed by atoms with Gasteiger partial charge in [0.05, 0.1) is 4.90 Å². The molecule has 28 heavy (non-hydrogen) atoms. The van der Waals surface area contributed by atoms with E-state index in [-0.39, 0.29) is 17.0 Å². The number of rotatable bonds is 5. The fourth-order valence-electron chi connectivity index (χ4n) is 3.50. The molecule has 1 aliphatic rings. The van der Waals surface area contributed by atoms with E-state index in [4.69, 9.17) is 0 Å². The average molecular weight is 402 g/mol. The highest BCUT2D eigenvalue weighted by Crippen LogP contribution is 2.25. The van der Waals surface area contributed by atoms with Crippen LogP contribution in [-0.4, -0.2) is 50.3 Å². The highest BCUT2D eigenvalue weighted by atomic mass is 32.2. The molecule has 0 unspecified atom stereocenters. The van der Waals surface area contributed by atoms with Crippen molar-refractivity contribution in [2.24, 2.45) is 0 Å². The van der Waals surface area contributed by atoms with Crippen LogP contribution >= 0.6 is 0 Å². The topological polar surface area (TPSA) is 69.7 Å². The first-order chi connectivity index (χ1) is 13.3. The molecule has 3 rings (SSSR count). The molecule has 0 saturated carbocycles. The van der Waals surface area contributed by atoms with Crippen LogP contribution in [0.3, 0.4) is 0 Å². The Hall–Kier alpha value is -2.38. The van der Waals surface area contributed by atoms with Gasteiger partial charge in [0, 0.05) is 32.4 Å². The van der Waals surface area contributed by atoms with Crippen molar-refractivity contribution in [3.05, 3.63) is 59.7 Å². The van der Waals surface area contributed by atoms with Gasteiger partial charge in [0.1, 0.15) is 0 Å². The second kappa shape index (κ2) is 8.32. The smallest absolute Gasteiger partial charge is 0.321 e. The summed E-state index contributed by atoms with van der Waals surface area (Å²) >= 11 is 0. The Balaban J connectivity index is 1.77. The molecule has 0 aliphatic carbocycles. The average Bonchev–Trinajstić information content (AvgIpc) is 3.12. The summed E-state index contributed by atoms with van der Waals surface area (Å²) in [7, 11) is -0.570. The van der Waals surface area contributed by atoms with Crippen LogP contribution in [0.5, 0.6) is 0 Å². The van der Waals surface area contributed by atoms with Crippen molar-refractivity contribution in [2.45, 2.75) is 37.1 Å². The van der Waals surface area contributed by atoms with Gasteiger partial charge in [-0.1, -0.05) is 36.4 Å². The first kappa shape index (κ1) is 20.4. The van der Waals surface area contributed by atoms with Crippen molar-refractivity contribution in [3.63, 3.8) is 0 Å². The number of aryl methyl sites for hydroxylation is 1. The van der Waals surface area contributed by atoms with Gasteiger partial charge in [0.15, 0.2) is 0 Å². The highest BCUT2D eigenvalue weighted by Gasteiger charge is 2.29. The maximum Gasteiger partial charge on any atom is 0.322 e. The third kappa shape index (κ3) is 4.36. The van der Waals surface area contributed by atoms with Crippen molar-refractivity contribution in [2.75, 3.05) is 26.0 Å². The van der Waals surface area contributed by atoms with Crippen LogP contribution in [0.25, 0.3) is 0 Å². The Morgan fingerprint density at radius 1 is 1.18 bits per heavy atom. The Labute approximate surface area is 167 Å². The number of likely N-dealkylation sites (tertiary alicyclic amines) is 1. The quantitative estimate of drug-likeness (QED) is 0.834. The first-order valence-electron chi connectivity index (χ1n) is 9.44. The van der Waals surface area contributed by atoms with Crippen molar-refractivity contribution in [1.29, 1.82) is 0 Å². The third-order valence-electron chi connectivity index (χ3n) is 5.18. The zero-order valence-corrected chi connectivity index (χ0v) is 17.4. The lowest BCUT2D eigenvalue weighted by atomic mass is 10.0. The summed E-state index contributed by atoms with van der Waals surface area (Å²) in [4.78, 5) is 14.9. The van der Waals surface area contributed by atoms with Gasteiger partial charge in [-0.15, -0.1) is 0 Å². The number of nitrogens with one attached hydrogen (secondary N) is 1. The van der Waals surface area contributed by atoms with Crippen molar-refractivity contribution < 1.29 is 13.2 Å². The maximum absolute atomic E-state index is 12.9. The van der Waals surface area contributed by atoms with Gasteiger partial charge in [-0.25, -0.2) is 17.5 Å². The molecule has 2 aromatic carbocycles. The van der Waals surface area contributed by atoms with Crippen LogP contribution in [0.2, 0.25) is 0 Å². The molecule has 6 nitrogen and oxygen atoms in total. The SMILES string of the molecule is Cc1ccc(S(=O)(=O)N(C)C)cc1NC(=O)N1CCC[C@H]1Cc1ccccc1. The van der Waals surface area contributed by atoms with Crippen LogP contribution in [0.1, 0.15) is 24.0 Å². The normalized spacial score (nSPS) is 17.1. The fraction of sp³-hybridized carbons (Fsp3) is 0.381. The van der Waals surface area contributed by atoms with E-state index in [0.717, 1.165) is 24.8 Å². The molecule has 1 saturated heterocycles. The lowest BCUT2D eigenvalue weighted by Crippen LogP contribution is -2.40. The molecular formula is C21H27N3O3S. The maximum atomic E-state index is 12.9. The van der Waals surface area contributed by atoms with Crippen LogP contribution in [0, 0.1) is 6.92 Å². The van der Waals surface area contributed by atoms with Crippen LogP contribution in [-0.2, 0) is 16.4 Å². The number of hydrogen-bond donors (Lipinski definition) is 1. The second-order valence-electron chi connectivity index (χ2n) is 7.37. The minimum Gasteiger partial charge on any atom is -0.321 e.